The van der Waals surface area contributed by atoms with Crippen LogP contribution in [0.1, 0.15) is 39.0 Å². The van der Waals surface area contributed by atoms with Crippen LogP contribution in [0, 0.1) is 0 Å². The van der Waals surface area contributed by atoms with Crippen LogP contribution < -0.4 is 16.8 Å². The van der Waals surface area contributed by atoms with E-state index < -0.39 is 23.9 Å². The van der Waals surface area contributed by atoms with Crippen LogP contribution in [0.3, 0.4) is 0 Å². The molecule has 0 fully saturated rings. The zero-order chi connectivity index (χ0) is 14.0. The van der Waals surface area contributed by atoms with Crippen molar-refractivity contribution in [2.75, 3.05) is 6.61 Å². The zero-order valence-electron chi connectivity index (χ0n) is 10.6. The number of rotatable bonds is 9. The molecule has 0 radical (unpaired) electrons. The summed E-state index contributed by atoms with van der Waals surface area (Å²) >= 11 is 0. The summed E-state index contributed by atoms with van der Waals surface area (Å²) in [6, 6.07) is -1.12. The SMILES string of the molecule is CCCCCCOC(=O)N[C@H](CC(N)=O)C(N)=O. The number of carbonyl (C=O) groups is 3. The molecule has 0 aromatic rings. The average molecular weight is 259 g/mol. The summed E-state index contributed by atoms with van der Waals surface area (Å²) in [6.07, 6.45) is 2.81. The van der Waals surface area contributed by atoms with Crippen LogP contribution in [0.5, 0.6) is 0 Å². The highest BCUT2D eigenvalue weighted by atomic mass is 16.5. The Morgan fingerprint density at radius 1 is 1.17 bits per heavy atom. The van der Waals surface area contributed by atoms with Crippen LogP contribution in [-0.2, 0) is 14.3 Å². The van der Waals surface area contributed by atoms with E-state index in [0.717, 1.165) is 25.7 Å². The summed E-state index contributed by atoms with van der Waals surface area (Å²) in [5.41, 5.74) is 9.93. The lowest BCUT2D eigenvalue weighted by Gasteiger charge is -2.13. The van der Waals surface area contributed by atoms with Gasteiger partial charge in [0.1, 0.15) is 6.04 Å². The molecule has 0 heterocycles. The maximum absolute atomic E-state index is 11.3. The van der Waals surface area contributed by atoms with Gasteiger partial charge in [0.25, 0.3) is 0 Å². The predicted molar refractivity (Wildman–Crippen MR) is 65.4 cm³/mol. The Labute approximate surface area is 106 Å². The van der Waals surface area contributed by atoms with E-state index in [2.05, 4.69) is 12.2 Å². The molecular formula is C11H21N3O4. The van der Waals surface area contributed by atoms with Crippen LogP contribution in [0.25, 0.3) is 0 Å². The Kier molecular flexibility index (Phi) is 8.34. The molecule has 0 aliphatic rings. The van der Waals surface area contributed by atoms with Gasteiger partial charge < -0.3 is 21.5 Å². The van der Waals surface area contributed by atoms with Crippen LogP contribution in [0.15, 0.2) is 0 Å². The molecule has 0 aliphatic carbocycles. The van der Waals surface area contributed by atoms with Gasteiger partial charge >= 0.3 is 6.09 Å². The molecule has 3 amide bonds. The molecule has 0 rings (SSSR count). The van der Waals surface area contributed by atoms with Crippen molar-refractivity contribution in [3.8, 4) is 0 Å². The van der Waals surface area contributed by atoms with Gasteiger partial charge in [-0.05, 0) is 6.42 Å². The summed E-state index contributed by atoms with van der Waals surface area (Å²) < 4.78 is 4.84. The molecule has 0 saturated carbocycles. The van der Waals surface area contributed by atoms with E-state index in [1.165, 1.54) is 0 Å². The van der Waals surface area contributed by atoms with E-state index in [1.807, 2.05) is 0 Å². The molecule has 1 atom stereocenters. The van der Waals surface area contributed by atoms with Crippen LogP contribution in [-0.4, -0.2) is 30.6 Å². The number of primary amides is 2. The molecule has 0 aromatic carbocycles. The Balaban J connectivity index is 3.88. The normalized spacial score (nSPS) is 11.6. The topological polar surface area (TPSA) is 125 Å². The minimum Gasteiger partial charge on any atom is -0.450 e. The molecule has 0 spiro atoms. The molecule has 0 bridgehead atoms. The molecule has 5 N–H and O–H groups in total. The van der Waals surface area contributed by atoms with Crippen molar-refractivity contribution < 1.29 is 19.1 Å². The highest BCUT2D eigenvalue weighted by molar-refractivity contribution is 5.89. The molecule has 7 heteroatoms. The van der Waals surface area contributed by atoms with Crippen molar-refractivity contribution in [2.24, 2.45) is 11.5 Å². The van der Waals surface area contributed by atoms with Crippen molar-refractivity contribution in [2.45, 2.75) is 45.1 Å². The molecule has 0 aliphatic heterocycles. The summed E-state index contributed by atoms with van der Waals surface area (Å²) in [5.74, 6) is -1.54. The lowest BCUT2D eigenvalue weighted by Crippen LogP contribution is -2.46. The Bertz CT molecular complexity index is 294. The van der Waals surface area contributed by atoms with E-state index in [9.17, 15) is 14.4 Å². The average Bonchev–Trinajstić information content (AvgIpc) is 2.27. The first-order valence-electron chi connectivity index (χ1n) is 5.98. The zero-order valence-corrected chi connectivity index (χ0v) is 10.6. The number of ether oxygens (including phenoxy) is 1. The molecule has 18 heavy (non-hydrogen) atoms. The maximum atomic E-state index is 11.3. The number of unbranched alkanes of at least 4 members (excludes halogenated alkanes) is 3. The molecule has 0 aromatic heterocycles. The number of nitrogens with one attached hydrogen (secondary N) is 1. The lowest BCUT2D eigenvalue weighted by atomic mass is 10.2. The number of nitrogens with two attached hydrogens (primary N) is 2. The molecule has 7 nitrogen and oxygen atoms in total. The Morgan fingerprint density at radius 3 is 2.33 bits per heavy atom. The number of hydrogen-bond acceptors (Lipinski definition) is 4. The van der Waals surface area contributed by atoms with Crippen LogP contribution in [0.2, 0.25) is 0 Å². The van der Waals surface area contributed by atoms with Crippen LogP contribution >= 0.6 is 0 Å². The van der Waals surface area contributed by atoms with Gasteiger partial charge in [0.05, 0.1) is 13.0 Å². The standard InChI is InChI=1S/C11H21N3O4/c1-2-3-4-5-6-18-11(17)14-8(10(13)16)7-9(12)15/h8H,2-7H2,1H3,(H2,12,15)(H2,13,16)(H,14,17)/t8-/m1/s1. The van der Waals surface area contributed by atoms with E-state index in [1.54, 1.807) is 0 Å². The molecule has 0 unspecified atom stereocenters. The fraction of sp³-hybridized carbons (Fsp3) is 0.727. The van der Waals surface area contributed by atoms with E-state index in [4.69, 9.17) is 16.2 Å². The lowest BCUT2D eigenvalue weighted by molar-refractivity contribution is -0.125. The van der Waals surface area contributed by atoms with Gasteiger partial charge in [0, 0.05) is 0 Å². The highest BCUT2D eigenvalue weighted by Gasteiger charge is 2.20. The first-order chi connectivity index (χ1) is 8.47. The molecule has 0 saturated heterocycles. The molecular weight excluding hydrogens is 238 g/mol. The largest absolute Gasteiger partial charge is 0.450 e. The Hall–Kier alpha value is -1.79. The van der Waals surface area contributed by atoms with Crippen molar-refractivity contribution in [3.05, 3.63) is 0 Å². The van der Waals surface area contributed by atoms with Crippen LogP contribution in [0.4, 0.5) is 4.79 Å². The summed E-state index contributed by atoms with van der Waals surface area (Å²) in [6.45, 7) is 2.35. The second kappa shape index (κ2) is 9.26. The molecule has 104 valence electrons. The van der Waals surface area contributed by atoms with Crippen molar-refractivity contribution in [3.63, 3.8) is 0 Å². The van der Waals surface area contributed by atoms with Crippen molar-refractivity contribution in [1.82, 2.24) is 5.32 Å². The van der Waals surface area contributed by atoms with Gasteiger partial charge in [-0.3, -0.25) is 9.59 Å². The smallest absolute Gasteiger partial charge is 0.407 e. The van der Waals surface area contributed by atoms with E-state index >= 15 is 0 Å². The Morgan fingerprint density at radius 2 is 1.83 bits per heavy atom. The van der Waals surface area contributed by atoms with Gasteiger partial charge in [-0.2, -0.15) is 0 Å². The number of alkyl carbamates (subject to hydrolysis) is 1. The summed E-state index contributed by atoms with van der Waals surface area (Å²) in [5, 5.41) is 2.20. The summed E-state index contributed by atoms with van der Waals surface area (Å²) in [7, 11) is 0. The fourth-order valence-corrected chi connectivity index (χ4v) is 1.30. The first kappa shape index (κ1) is 16.2. The third-order valence-electron chi connectivity index (χ3n) is 2.27. The third kappa shape index (κ3) is 8.37. The van der Waals surface area contributed by atoms with Crippen molar-refractivity contribution in [1.29, 1.82) is 0 Å². The fourth-order valence-electron chi connectivity index (χ4n) is 1.30. The summed E-state index contributed by atoms with van der Waals surface area (Å²) in [4.78, 5) is 32.9. The van der Waals surface area contributed by atoms with E-state index in [-0.39, 0.29) is 13.0 Å². The first-order valence-corrected chi connectivity index (χ1v) is 5.98. The minimum absolute atomic E-state index is 0.272. The number of amides is 3. The quantitative estimate of drug-likeness (QED) is 0.505. The van der Waals surface area contributed by atoms with Crippen molar-refractivity contribution >= 4 is 17.9 Å². The van der Waals surface area contributed by atoms with Gasteiger partial charge in [-0.1, -0.05) is 26.2 Å². The van der Waals surface area contributed by atoms with Gasteiger partial charge in [0.2, 0.25) is 11.8 Å². The second-order valence-corrected chi connectivity index (χ2v) is 3.97. The third-order valence-corrected chi connectivity index (χ3v) is 2.27. The monoisotopic (exact) mass is 259 g/mol. The number of hydrogen-bond donors (Lipinski definition) is 3. The second-order valence-electron chi connectivity index (χ2n) is 3.97. The maximum Gasteiger partial charge on any atom is 0.407 e. The minimum atomic E-state index is -1.12. The number of carbonyl (C=O) groups excluding carboxylic acids is 3. The predicted octanol–water partition coefficient (Wildman–Crippen LogP) is 0.0222. The van der Waals surface area contributed by atoms with Gasteiger partial charge in [0.15, 0.2) is 0 Å². The van der Waals surface area contributed by atoms with Gasteiger partial charge in [-0.15, -0.1) is 0 Å². The van der Waals surface area contributed by atoms with E-state index in [0.29, 0.717) is 0 Å². The highest BCUT2D eigenvalue weighted by Crippen LogP contribution is 1.99. The van der Waals surface area contributed by atoms with Gasteiger partial charge in [-0.25, -0.2) is 4.79 Å².